The Bertz CT molecular complexity index is 1210. The lowest BCUT2D eigenvalue weighted by molar-refractivity contribution is -0.127. The molecule has 1 atom stereocenters. The van der Waals surface area contributed by atoms with Crippen LogP contribution in [0, 0.1) is 0 Å². The molecule has 0 aromatic heterocycles. The minimum atomic E-state index is -0.748. The highest BCUT2D eigenvalue weighted by Gasteiger charge is 2.33. The van der Waals surface area contributed by atoms with Gasteiger partial charge in [0.25, 0.3) is 5.91 Å². The summed E-state index contributed by atoms with van der Waals surface area (Å²) in [6.45, 7) is 1.34. The van der Waals surface area contributed by atoms with Gasteiger partial charge in [0.1, 0.15) is 12.3 Å². The molecular weight excluding hydrogens is 451 g/mol. The number of hydrogen-bond donors (Lipinski definition) is 1. The lowest BCUT2D eigenvalue weighted by atomic mass is 10.0. The summed E-state index contributed by atoms with van der Waals surface area (Å²) in [5.74, 6) is -0.674. The van der Waals surface area contributed by atoms with Gasteiger partial charge in [-0.2, -0.15) is 0 Å². The van der Waals surface area contributed by atoms with Gasteiger partial charge in [-0.3, -0.25) is 19.3 Å². The number of halogens is 2. The van der Waals surface area contributed by atoms with Crippen molar-refractivity contribution in [3.8, 4) is 5.75 Å². The van der Waals surface area contributed by atoms with Crippen LogP contribution in [0.5, 0.6) is 5.75 Å². The Morgan fingerprint density at radius 2 is 1.69 bits per heavy atom. The molecule has 3 aromatic rings. The third-order valence-corrected chi connectivity index (χ3v) is 5.44. The maximum atomic E-state index is 13.0. The first-order valence-electron chi connectivity index (χ1n) is 9.80. The first-order valence-corrected chi connectivity index (χ1v) is 10.6. The zero-order valence-corrected chi connectivity index (χ0v) is 18.5. The molecule has 162 valence electrons. The fourth-order valence-corrected chi connectivity index (χ4v) is 3.77. The fourth-order valence-electron chi connectivity index (χ4n) is 3.43. The molecule has 8 heteroatoms. The van der Waals surface area contributed by atoms with E-state index in [0.717, 1.165) is 0 Å². The van der Waals surface area contributed by atoms with E-state index in [0.29, 0.717) is 32.7 Å². The van der Waals surface area contributed by atoms with Crippen LogP contribution in [0.1, 0.15) is 22.8 Å². The number of hydrogen-bond acceptors (Lipinski definition) is 4. The Morgan fingerprint density at radius 3 is 2.44 bits per heavy atom. The molecule has 1 N–H and O–H groups in total. The summed E-state index contributed by atoms with van der Waals surface area (Å²) in [6, 6.07) is 18.2. The first kappa shape index (κ1) is 21.9. The molecule has 32 heavy (non-hydrogen) atoms. The van der Waals surface area contributed by atoms with Crippen molar-refractivity contribution >= 4 is 52.2 Å². The van der Waals surface area contributed by atoms with Crippen LogP contribution >= 0.6 is 23.2 Å². The minimum absolute atomic E-state index is 0.252. The van der Waals surface area contributed by atoms with Gasteiger partial charge in [0.15, 0.2) is 11.9 Å². The Labute approximate surface area is 194 Å². The average molecular weight is 469 g/mol. The maximum absolute atomic E-state index is 13.0. The van der Waals surface area contributed by atoms with Crippen LogP contribution in [0.3, 0.4) is 0 Å². The van der Waals surface area contributed by atoms with Crippen molar-refractivity contribution in [1.29, 1.82) is 0 Å². The highest BCUT2D eigenvalue weighted by atomic mass is 35.5. The highest BCUT2D eigenvalue weighted by molar-refractivity contribution is 6.32. The number of nitrogens with zero attached hydrogens (tertiary/aromatic N) is 1. The standard InChI is InChI=1S/C24H18Cl2N2O4/c1-14-24(31)28(20-12-17(26)8-10-21(20)32-14)13-22(29)27-19-9-7-16(25)11-18(19)23(30)15-5-3-2-4-6-15/h2-12,14H,13H2,1H3,(H,27,29). The SMILES string of the molecule is CC1Oc2ccc(Cl)cc2N(CC(=O)Nc2ccc(Cl)cc2C(=O)c2ccccc2)C1=O. The normalized spacial score (nSPS) is 15.0. The van der Waals surface area contributed by atoms with Crippen molar-refractivity contribution in [2.45, 2.75) is 13.0 Å². The Morgan fingerprint density at radius 1 is 1.00 bits per heavy atom. The van der Waals surface area contributed by atoms with Gasteiger partial charge in [-0.05, 0) is 43.3 Å². The van der Waals surface area contributed by atoms with E-state index in [4.69, 9.17) is 27.9 Å². The number of ketones is 1. The van der Waals surface area contributed by atoms with Crippen LogP contribution in [-0.2, 0) is 9.59 Å². The van der Waals surface area contributed by atoms with Gasteiger partial charge in [0.05, 0.1) is 11.4 Å². The van der Waals surface area contributed by atoms with Crippen LogP contribution in [0.2, 0.25) is 10.0 Å². The number of ether oxygens (including phenoxy) is 1. The molecule has 1 aliphatic heterocycles. The molecule has 1 aliphatic rings. The van der Waals surface area contributed by atoms with Gasteiger partial charge in [-0.25, -0.2) is 0 Å². The van der Waals surface area contributed by atoms with Crippen molar-refractivity contribution in [2.24, 2.45) is 0 Å². The molecule has 0 fully saturated rings. The molecular formula is C24H18Cl2N2O4. The van der Waals surface area contributed by atoms with E-state index in [1.165, 1.54) is 11.0 Å². The quantitative estimate of drug-likeness (QED) is 0.535. The molecule has 0 saturated heterocycles. The minimum Gasteiger partial charge on any atom is -0.479 e. The zero-order valence-electron chi connectivity index (χ0n) is 17.0. The molecule has 0 aliphatic carbocycles. The summed E-state index contributed by atoms with van der Waals surface area (Å²) in [7, 11) is 0. The van der Waals surface area contributed by atoms with Gasteiger partial charge in [-0.15, -0.1) is 0 Å². The van der Waals surface area contributed by atoms with Gasteiger partial charge in [0.2, 0.25) is 5.91 Å². The molecule has 1 heterocycles. The van der Waals surface area contributed by atoms with Crippen molar-refractivity contribution in [1.82, 2.24) is 0 Å². The van der Waals surface area contributed by atoms with Gasteiger partial charge >= 0.3 is 0 Å². The van der Waals surface area contributed by atoms with Crippen LogP contribution in [0.25, 0.3) is 0 Å². The Balaban J connectivity index is 1.60. The third-order valence-electron chi connectivity index (χ3n) is 4.97. The summed E-state index contributed by atoms with van der Waals surface area (Å²) < 4.78 is 5.60. The van der Waals surface area contributed by atoms with E-state index in [9.17, 15) is 14.4 Å². The monoisotopic (exact) mass is 468 g/mol. The smallest absolute Gasteiger partial charge is 0.268 e. The van der Waals surface area contributed by atoms with Crippen LogP contribution < -0.4 is 15.0 Å². The molecule has 0 saturated carbocycles. The Kier molecular flexibility index (Phi) is 6.17. The molecule has 0 spiro atoms. The second-order valence-electron chi connectivity index (χ2n) is 7.23. The summed E-state index contributed by atoms with van der Waals surface area (Å²) >= 11 is 12.2. The maximum Gasteiger partial charge on any atom is 0.268 e. The third kappa shape index (κ3) is 4.47. The highest BCUT2D eigenvalue weighted by Crippen LogP contribution is 2.36. The second kappa shape index (κ2) is 9.02. The molecule has 3 aromatic carbocycles. The van der Waals surface area contributed by atoms with E-state index < -0.39 is 12.0 Å². The molecule has 6 nitrogen and oxygen atoms in total. The molecule has 0 bridgehead atoms. The number of carbonyl (C=O) groups excluding carboxylic acids is 3. The predicted octanol–water partition coefficient (Wildman–Crippen LogP) is 4.98. The van der Waals surface area contributed by atoms with Crippen molar-refractivity contribution in [3.63, 3.8) is 0 Å². The number of nitrogens with one attached hydrogen (secondary N) is 1. The van der Waals surface area contributed by atoms with Crippen LogP contribution in [0.4, 0.5) is 11.4 Å². The number of carbonyl (C=O) groups is 3. The summed E-state index contributed by atoms with van der Waals surface area (Å²) in [5.41, 5.74) is 1.42. The number of fused-ring (bicyclic) bond motifs is 1. The number of amides is 2. The summed E-state index contributed by atoms with van der Waals surface area (Å²) in [6.07, 6.45) is -0.748. The van der Waals surface area contributed by atoms with E-state index in [1.54, 1.807) is 61.5 Å². The topological polar surface area (TPSA) is 75.7 Å². The summed E-state index contributed by atoms with van der Waals surface area (Å²) in [5, 5.41) is 3.51. The number of rotatable bonds is 5. The van der Waals surface area contributed by atoms with Gasteiger partial charge in [-0.1, -0.05) is 53.5 Å². The van der Waals surface area contributed by atoms with Crippen LogP contribution in [0.15, 0.2) is 66.7 Å². The molecule has 4 rings (SSSR count). The lowest BCUT2D eigenvalue weighted by Gasteiger charge is -2.32. The number of benzene rings is 3. The molecule has 1 unspecified atom stereocenters. The zero-order chi connectivity index (χ0) is 22.8. The van der Waals surface area contributed by atoms with Crippen molar-refractivity contribution in [3.05, 3.63) is 87.9 Å². The number of anilines is 2. The first-order chi connectivity index (χ1) is 15.3. The average Bonchev–Trinajstić information content (AvgIpc) is 2.78. The van der Waals surface area contributed by atoms with E-state index in [2.05, 4.69) is 5.32 Å². The van der Waals surface area contributed by atoms with E-state index in [1.807, 2.05) is 6.07 Å². The summed E-state index contributed by atoms with van der Waals surface area (Å²) in [4.78, 5) is 39.9. The van der Waals surface area contributed by atoms with Gasteiger partial charge < -0.3 is 10.1 Å². The van der Waals surface area contributed by atoms with Crippen molar-refractivity contribution < 1.29 is 19.1 Å². The van der Waals surface area contributed by atoms with Crippen LogP contribution in [-0.4, -0.2) is 30.2 Å². The Hall–Kier alpha value is -3.35. The van der Waals surface area contributed by atoms with E-state index in [-0.39, 0.29) is 23.8 Å². The fraction of sp³-hybridized carbons (Fsp3) is 0.125. The largest absolute Gasteiger partial charge is 0.479 e. The molecule has 2 amide bonds. The predicted molar refractivity (Wildman–Crippen MR) is 124 cm³/mol. The van der Waals surface area contributed by atoms with E-state index >= 15 is 0 Å². The second-order valence-corrected chi connectivity index (χ2v) is 8.10. The molecule has 0 radical (unpaired) electrons. The van der Waals surface area contributed by atoms with Crippen molar-refractivity contribution in [2.75, 3.05) is 16.8 Å². The van der Waals surface area contributed by atoms with Gasteiger partial charge in [0, 0.05) is 21.2 Å². The lowest BCUT2D eigenvalue weighted by Crippen LogP contribution is -2.47.